The van der Waals surface area contributed by atoms with Gasteiger partial charge in [-0.1, -0.05) is 31.0 Å². The molecule has 2 rings (SSSR count). The van der Waals surface area contributed by atoms with Crippen molar-refractivity contribution in [3.8, 4) is 0 Å². The van der Waals surface area contributed by atoms with Crippen LogP contribution in [-0.2, 0) is 6.42 Å². The van der Waals surface area contributed by atoms with Crippen molar-refractivity contribution in [2.24, 2.45) is 0 Å². The van der Waals surface area contributed by atoms with Crippen LogP contribution in [-0.4, -0.2) is 24.0 Å². The maximum atomic E-state index is 6.01. The summed E-state index contributed by atoms with van der Waals surface area (Å²) in [5, 5.41) is 0. The fourth-order valence-electron chi connectivity index (χ4n) is 2.70. The number of hydrogen-bond donors (Lipinski definition) is 1. The lowest BCUT2D eigenvalue weighted by Gasteiger charge is -2.28. The van der Waals surface area contributed by atoms with Gasteiger partial charge in [0.15, 0.2) is 0 Å². The van der Waals surface area contributed by atoms with Gasteiger partial charge in [0, 0.05) is 11.7 Å². The van der Waals surface area contributed by atoms with E-state index in [1.165, 1.54) is 44.3 Å². The molecule has 1 atom stereocenters. The molecule has 0 bridgehead atoms. The lowest BCUT2D eigenvalue weighted by Crippen LogP contribution is -2.35. The molecule has 0 amide bonds. The summed E-state index contributed by atoms with van der Waals surface area (Å²) in [5.41, 5.74) is 8.25. The van der Waals surface area contributed by atoms with E-state index in [-0.39, 0.29) is 0 Å². The fourth-order valence-corrected chi connectivity index (χ4v) is 2.70. The Morgan fingerprint density at radius 3 is 2.41 bits per heavy atom. The highest BCUT2D eigenvalue weighted by molar-refractivity contribution is 5.46. The second kappa shape index (κ2) is 6.06. The Morgan fingerprint density at radius 1 is 1.12 bits per heavy atom. The SMILES string of the molecule is CC(Cc1ccccc1N)N1CCCCCC1. The van der Waals surface area contributed by atoms with Crippen molar-refractivity contribution in [2.75, 3.05) is 18.8 Å². The zero-order chi connectivity index (χ0) is 12.1. The van der Waals surface area contributed by atoms with Gasteiger partial charge in [0.25, 0.3) is 0 Å². The number of rotatable bonds is 3. The molecule has 1 fully saturated rings. The number of benzene rings is 1. The van der Waals surface area contributed by atoms with Gasteiger partial charge in [0.05, 0.1) is 0 Å². The molecular weight excluding hydrogens is 208 g/mol. The Labute approximate surface area is 105 Å². The van der Waals surface area contributed by atoms with Crippen molar-refractivity contribution >= 4 is 5.69 Å². The van der Waals surface area contributed by atoms with E-state index >= 15 is 0 Å². The normalized spacial score (nSPS) is 19.8. The van der Waals surface area contributed by atoms with E-state index in [2.05, 4.69) is 24.0 Å². The number of nitrogens with zero attached hydrogens (tertiary/aromatic N) is 1. The first kappa shape index (κ1) is 12.4. The molecule has 0 aromatic heterocycles. The number of likely N-dealkylation sites (tertiary alicyclic amines) is 1. The van der Waals surface area contributed by atoms with Crippen molar-refractivity contribution in [2.45, 2.75) is 45.1 Å². The highest BCUT2D eigenvalue weighted by atomic mass is 15.1. The first-order chi connectivity index (χ1) is 8.27. The third-order valence-electron chi connectivity index (χ3n) is 3.83. The average Bonchev–Trinajstić information content (AvgIpc) is 2.61. The molecule has 0 aliphatic carbocycles. The van der Waals surface area contributed by atoms with Crippen LogP contribution in [0.4, 0.5) is 5.69 Å². The molecule has 0 spiro atoms. The Bertz CT molecular complexity index is 341. The molecule has 0 saturated carbocycles. The second-order valence-electron chi connectivity index (χ2n) is 5.20. The minimum Gasteiger partial charge on any atom is -0.399 e. The molecule has 2 N–H and O–H groups in total. The lowest BCUT2D eigenvalue weighted by molar-refractivity contribution is 0.216. The Morgan fingerprint density at radius 2 is 1.76 bits per heavy atom. The van der Waals surface area contributed by atoms with Crippen molar-refractivity contribution in [3.05, 3.63) is 29.8 Å². The van der Waals surface area contributed by atoms with Crippen molar-refractivity contribution in [1.29, 1.82) is 0 Å². The summed E-state index contributed by atoms with van der Waals surface area (Å²) in [7, 11) is 0. The fraction of sp³-hybridized carbons (Fsp3) is 0.600. The molecule has 0 radical (unpaired) electrons. The van der Waals surface area contributed by atoms with E-state index in [1.54, 1.807) is 0 Å². The van der Waals surface area contributed by atoms with Crippen LogP contribution in [0.15, 0.2) is 24.3 Å². The monoisotopic (exact) mass is 232 g/mol. The molecule has 1 aliphatic heterocycles. The first-order valence-corrected chi connectivity index (χ1v) is 6.85. The summed E-state index contributed by atoms with van der Waals surface area (Å²) in [6.45, 7) is 4.85. The Balaban J connectivity index is 1.95. The molecule has 1 aromatic rings. The average molecular weight is 232 g/mol. The zero-order valence-electron chi connectivity index (χ0n) is 10.9. The molecule has 1 aromatic carbocycles. The van der Waals surface area contributed by atoms with Crippen LogP contribution in [0.3, 0.4) is 0 Å². The molecule has 2 nitrogen and oxygen atoms in total. The predicted molar refractivity (Wildman–Crippen MR) is 74.1 cm³/mol. The number of hydrogen-bond acceptors (Lipinski definition) is 2. The van der Waals surface area contributed by atoms with Gasteiger partial charge < -0.3 is 10.6 Å². The quantitative estimate of drug-likeness (QED) is 0.812. The molecule has 1 unspecified atom stereocenters. The van der Waals surface area contributed by atoms with Gasteiger partial charge in [-0.2, -0.15) is 0 Å². The summed E-state index contributed by atoms with van der Waals surface area (Å²) in [5.74, 6) is 0. The van der Waals surface area contributed by atoms with Crippen molar-refractivity contribution in [1.82, 2.24) is 4.90 Å². The van der Waals surface area contributed by atoms with Crippen molar-refractivity contribution < 1.29 is 0 Å². The predicted octanol–water partition coefficient (Wildman–Crippen LogP) is 3.08. The van der Waals surface area contributed by atoms with Gasteiger partial charge in [-0.3, -0.25) is 0 Å². The minimum absolute atomic E-state index is 0.609. The third-order valence-corrected chi connectivity index (χ3v) is 3.83. The molecular formula is C15H24N2. The topological polar surface area (TPSA) is 29.3 Å². The number of nitrogen functional groups attached to an aromatic ring is 1. The van der Waals surface area contributed by atoms with Crippen LogP contribution >= 0.6 is 0 Å². The van der Waals surface area contributed by atoms with E-state index in [1.807, 2.05) is 12.1 Å². The van der Waals surface area contributed by atoms with Gasteiger partial charge >= 0.3 is 0 Å². The van der Waals surface area contributed by atoms with Crippen LogP contribution in [0.1, 0.15) is 38.2 Å². The summed E-state index contributed by atoms with van der Waals surface area (Å²) >= 11 is 0. The number of nitrogens with two attached hydrogens (primary N) is 1. The maximum Gasteiger partial charge on any atom is 0.0347 e. The summed E-state index contributed by atoms with van der Waals surface area (Å²) in [6.07, 6.45) is 6.59. The van der Waals surface area contributed by atoms with Gasteiger partial charge in [0.1, 0.15) is 0 Å². The smallest absolute Gasteiger partial charge is 0.0347 e. The van der Waals surface area contributed by atoms with Gasteiger partial charge in [-0.05, 0) is 50.9 Å². The van der Waals surface area contributed by atoms with Crippen LogP contribution in [0, 0.1) is 0 Å². The molecule has 17 heavy (non-hydrogen) atoms. The maximum absolute atomic E-state index is 6.01. The summed E-state index contributed by atoms with van der Waals surface area (Å²) in [4.78, 5) is 2.62. The van der Waals surface area contributed by atoms with Crippen LogP contribution in [0.2, 0.25) is 0 Å². The van der Waals surface area contributed by atoms with E-state index in [0.29, 0.717) is 6.04 Å². The van der Waals surface area contributed by atoms with E-state index in [4.69, 9.17) is 5.73 Å². The molecule has 1 heterocycles. The third kappa shape index (κ3) is 3.47. The van der Waals surface area contributed by atoms with Crippen LogP contribution in [0.5, 0.6) is 0 Å². The number of para-hydroxylation sites is 1. The standard InChI is InChI=1S/C15H24N2/c1-13(17-10-6-2-3-7-11-17)12-14-8-4-5-9-15(14)16/h4-5,8-9,13H,2-3,6-7,10-12,16H2,1H3. The second-order valence-corrected chi connectivity index (χ2v) is 5.20. The molecule has 94 valence electrons. The van der Waals surface area contributed by atoms with Gasteiger partial charge in [-0.25, -0.2) is 0 Å². The summed E-state index contributed by atoms with van der Waals surface area (Å²) in [6, 6.07) is 8.86. The Hall–Kier alpha value is -1.02. The minimum atomic E-state index is 0.609. The van der Waals surface area contributed by atoms with Crippen molar-refractivity contribution in [3.63, 3.8) is 0 Å². The highest BCUT2D eigenvalue weighted by Crippen LogP contribution is 2.18. The largest absolute Gasteiger partial charge is 0.399 e. The first-order valence-electron chi connectivity index (χ1n) is 6.85. The van der Waals surface area contributed by atoms with E-state index in [9.17, 15) is 0 Å². The van der Waals surface area contributed by atoms with Crippen LogP contribution in [0.25, 0.3) is 0 Å². The van der Waals surface area contributed by atoms with Gasteiger partial charge in [0.2, 0.25) is 0 Å². The lowest BCUT2D eigenvalue weighted by atomic mass is 10.0. The highest BCUT2D eigenvalue weighted by Gasteiger charge is 2.16. The van der Waals surface area contributed by atoms with E-state index < -0.39 is 0 Å². The van der Waals surface area contributed by atoms with E-state index in [0.717, 1.165) is 12.1 Å². The summed E-state index contributed by atoms with van der Waals surface area (Å²) < 4.78 is 0. The van der Waals surface area contributed by atoms with Crippen LogP contribution < -0.4 is 5.73 Å². The molecule has 2 heteroatoms. The molecule has 1 saturated heterocycles. The molecule has 1 aliphatic rings. The van der Waals surface area contributed by atoms with Gasteiger partial charge in [-0.15, -0.1) is 0 Å². The Kier molecular flexibility index (Phi) is 4.43. The number of anilines is 1. The zero-order valence-corrected chi connectivity index (χ0v) is 10.9.